The number of sulfonamides is 1. The fraction of sp³-hybridized carbons (Fsp3) is 0.176. The van der Waals surface area contributed by atoms with Crippen LogP contribution in [0, 0.1) is 6.92 Å². The van der Waals surface area contributed by atoms with E-state index in [2.05, 4.69) is 26.5 Å². The van der Waals surface area contributed by atoms with Crippen LogP contribution in [0.1, 0.15) is 11.1 Å². The Bertz CT molecular complexity index is 928. The van der Waals surface area contributed by atoms with Crippen LogP contribution < -0.4 is 5.43 Å². The molecule has 0 unspecified atom stereocenters. The number of hydrogen-bond donors (Lipinski definition) is 2. The van der Waals surface area contributed by atoms with Crippen LogP contribution in [0.25, 0.3) is 0 Å². The number of hydrogen-bond acceptors (Lipinski definition) is 5. The number of benzene rings is 2. The number of amides is 1. The monoisotopic (exact) mass is 439 g/mol. The van der Waals surface area contributed by atoms with Crippen molar-refractivity contribution in [1.29, 1.82) is 0 Å². The minimum Gasteiger partial charge on any atom is -0.507 e. The van der Waals surface area contributed by atoms with E-state index in [0.717, 1.165) is 14.3 Å². The molecule has 0 radical (unpaired) electrons. The number of halogens is 1. The Kier molecular flexibility index (Phi) is 6.52. The highest BCUT2D eigenvalue weighted by atomic mass is 79.9. The summed E-state index contributed by atoms with van der Waals surface area (Å²) in [5, 5.41) is 13.4. The van der Waals surface area contributed by atoms with Crippen LogP contribution in [-0.4, -0.2) is 43.5 Å². The summed E-state index contributed by atoms with van der Waals surface area (Å²) in [6, 6.07) is 11.1. The van der Waals surface area contributed by atoms with Crippen LogP contribution in [0.15, 0.2) is 56.9 Å². The van der Waals surface area contributed by atoms with Gasteiger partial charge in [0.15, 0.2) is 0 Å². The molecule has 2 rings (SSSR count). The molecule has 0 aliphatic heterocycles. The minimum atomic E-state index is -3.77. The van der Waals surface area contributed by atoms with Gasteiger partial charge in [0.05, 0.1) is 17.7 Å². The number of rotatable bonds is 6. The Morgan fingerprint density at radius 3 is 2.58 bits per heavy atom. The smallest absolute Gasteiger partial charge is 0.255 e. The third-order valence-corrected chi connectivity index (χ3v) is 5.79. The summed E-state index contributed by atoms with van der Waals surface area (Å²) in [6.45, 7) is 1.46. The highest BCUT2D eigenvalue weighted by Gasteiger charge is 2.22. The number of aromatic hydroxyl groups is 1. The van der Waals surface area contributed by atoms with Gasteiger partial charge in [-0.05, 0) is 37.3 Å². The Labute approximate surface area is 160 Å². The van der Waals surface area contributed by atoms with Crippen molar-refractivity contribution in [3.8, 4) is 5.75 Å². The van der Waals surface area contributed by atoms with Crippen LogP contribution in [0.3, 0.4) is 0 Å². The Balaban J connectivity index is 1.99. The van der Waals surface area contributed by atoms with Crippen molar-refractivity contribution in [3.63, 3.8) is 0 Å². The summed E-state index contributed by atoms with van der Waals surface area (Å²) in [7, 11) is -2.45. The standard InChI is InChI=1S/C17H18BrN3O4S/c1-12-3-6-15(7-4-12)26(24,25)21(2)11-17(23)20-19-10-13-9-14(18)5-8-16(13)22/h3-10,22H,11H2,1-2H3,(H,20,23)/b19-10+. The number of phenols is 1. The molecule has 2 aromatic rings. The second-order valence-electron chi connectivity index (χ2n) is 5.57. The van der Waals surface area contributed by atoms with Crippen LogP contribution in [0.5, 0.6) is 5.75 Å². The minimum absolute atomic E-state index is 0.00488. The molecule has 0 saturated heterocycles. The summed E-state index contributed by atoms with van der Waals surface area (Å²) < 4.78 is 26.5. The molecule has 7 nitrogen and oxygen atoms in total. The van der Waals surface area contributed by atoms with Gasteiger partial charge in [-0.3, -0.25) is 4.79 Å². The highest BCUT2D eigenvalue weighted by Crippen LogP contribution is 2.20. The molecule has 9 heteroatoms. The lowest BCUT2D eigenvalue weighted by Crippen LogP contribution is -2.36. The lowest BCUT2D eigenvalue weighted by atomic mass is 10.2. The SMILES string of the molecule is Cc1ccc(S(=O)(=O)N(C)CC(=O)N/N=C/c2cc(Br)ccc2O)cc1. The number of hydrazone groups is 1. The molecule has 0 fully saturated rings. The van der Waals surface area contributed by atoms with Gasteiger partial charge in [0.1, 0.15) is 5.75 Å². The van der Waals surface area contributed by atoms with E-state index >= 15 is 0 Å². The molecule has 0 atom stereocenters. The van der Waals surface area contributed by atoms with E-state index in [1.165, 1.54) is 31.5 Å². The second kappa shape index (κ2) is 8.43. The summed E-state index contributed by atoms with van der Waals surface area (Å²) in [6.07, 6.45) is 1.27. The molecule has 0 aliphatic rings. The number of aryl methyl sites for hydroxylation is 1. The van der Waals surface area contributed by atoms with Gasteiger partial charge in [0.2, 0.25) is 10.0 Å². The quantitative estimate of drug-likeness (QED) is 0.532. The van der Waals surface area contributed by atoms with Gasteiger partial charge in [-0.2, -0.15) is 9.41 Å². The number of nitrogens with one attached hydrogen (secondary N) is 1. The molecule has 0 spiro atoms. The first-order valence-corrected chi connectivity index (χ1v) is 9.77. The molecule has 0 bridgehead atoms. The maximum atomic E-state index is 12.4. The topological polar surface area (TPSA) is 99.1 Å². The fourth-order valence-corrected chi connectivity index (χ4v) is 3.52. The summed E-state index contributed by atoms with van der Waals surface area (Å²) in [5.74, 6) is -0.598. The maximum Gasteiger partial charge on any atom is 0.255 e. The first-order valence-electron chi connectivity index (χ1n) is 7.53. The molecule has 2 aromatic carbocycles. The molecule has 138 valence electrons. The van der Waals surface area contributed by atoms with Gasteiger partial charge >= 0.3 is 0 Å². The van der Waals surface area contributed by atoms with E-state index in [4.69, 9.17) is 0 Å². The van der Waals surface area contributed by atoms with E-state index in [-0.39, 0.29) is 10.6 Å². The van der Waals surface area contributed by atoms with Crippen molar-refractivity contribution < 1.29 is 18.3 Å². The van der Waals surface area contributed by atoms with Crippen molar-refractivity contribution in [2.24, 2.45) is 5.10 Å². The fourth-order valence-electron chi connectivity index (χ4n) is 2.02. The molecular formula is C17H18BrN3O4S. The van der Waals surface area contributed by atoms with Crippen molar-refractivity contribution in [2.45, 2.75) is 11.8 Å². The van der Waals surface area contributed by atoms with Gasteiger partial charge in [0.25, 0.3) is 5.91 Å². The first-order chi connectivity index (χ1) is 12.2. The number of phenolic OH excluding ortho intramolecular Hbond substituents is 1. The Morgan fingerprint density at radius 1 is 1.27 bits per heavy atom. The molecule has 0 aliphatic carbocycles. The molecule has 1 amide bonds. The lowest BCUT2D eigenvalue weighted by Gasteiger charge is -2.16. The van der Waals surface area contributed by atoms with E-state index in [1.807, 2.05) is 6.92 Å². The van der Waals surface area contributed by atoms with Crippen molar-refractivity contribution in [3.05, 3.63) is 58.1 Å². The predicted octanol–water partition coefficient (Wildman–Crippen LogP) is 2.23. The third-order valence-electron chi connectivity index (χ3n) is 3.48. The highest BCUT2D eigenvalue weighted by molar-refractivity contribution is 9.10. The van der Waals surface area contributed by atoms with Gasteiger partial charge < -0.3 is 5.11 Å². The number of carbonyl (C=O) groups is 1. The van der Waals surface area contributed by atoms with Crippen molar-refractivity contribution in [1.82, 2.24) is 9.73 Å². The molecule has 2 N–H and O–H groups in total. The molecule has 0 saturated carbocycles. The van der Waals surface area contributed by atoms with E-state index in [9.17, 15) is 18.3 Å². The zero-order valence-electron chi connectivity index (χ0n) is 14.2. The number of nitrogens with zero attached hydrogens (tertiary/aromatic N) is 2. The average molecular weight is 440 g/mol. The zero-order valence-corrected chi connectivity index (χ0v) is 16.6. The Morgan fingerprint density at radius 2 is 1.92 bits per heavy atom. The Hall–Kier alpha value is -2.23. The van der Waals surface area contributed by atoms with E-state index in [0.29, 0.717) is 5.56 Å². The third kappa shape index (κ3) is 5.13. The van der Waals surface area contributed by atoms with Crippen LogP contribution in [0.4, 0.5) is 0 Å². The zero-order chi connectivity index (χ0) is 19.3. The van der Waals surface area contributed by atoms with E-state index < -0.39 is 22.5 Å². The van der Waals surface area contributed by atoms with Gasteiger partial charge in [-0.25, -0.2) is 13.8 Å². The lowest BCUT2D eigenvalue weighted by molar-refractivity contribution is -0.121. The van der Waals surface area contributed by atoms with E-state index in [1.54, 1.807) is 24.3 Å². The molecule has 26 heavy (non-hydrogen) atoms. The number of carbonyl (C=O) groups excluding carboxylic acids is 1. The molecule has 0 heterocycles. The summed E-state index contributed by atoms with van der Waals surface area (Å²) in [5.41, 5.74) is 3.58. The maximum absolute atomic E-state index is 12.4. The van der Waals surface area contributed by atoms with Gasteiger partial charge in [-0.1, -0.05) is 33.6 Å². The van der Waals surface area contributed by atoms with Gasteiger partial charge in [0, 0.05) is 17.1 Å². The first kappa shape index (κ1) is 20.1. The van der Waals surface area contributed by atoms with Crippen LogP contribution >= 0.6 is 15.9 Å². The predicted molar refractivity (Wildman–Crippen MR) is 103 cm³/mol. The van der Waals surface area contributed by atoms with Crippen LogP contribution in [0.2, 0.25) is 0 Å². The number of likely N-dealkylation sites (N-methyl/N-ethyl adjacent to an activating group) is 1. The molecular weight excluding hydrogens is 422 g/mol. The average Bonchev–Trinajstić information content (AvgIpc) is 2.58. The summed E-state index contributed by atoms with van der Waals surface area (Å²) in [4.78, 5) is 12.0. The van der Waals surface area contributed by atoms with Gasteiger partial charge in [-0.15, -0.1) is 0 Å². The van der Waals surface area contributed by atoms with Crippen LogP contribution in [-0.2, 0) is 14.8 Å². The van der Waals surface area contributed by atoms with Crippen molar-refractivity contribution >= 4 is 38.1 Å². The largest absolute Gasteiger partial charge is 0.507 e. The molecule has 0 aromatic heterocycles. The summed E-state index contributed by atoms with van der Waals surface area (Å²) >= 11 is 3.26. The van der Waals surface area contributed by atoms with Crippen molar-refractivity contribution in [2.75, 3.05) is 13.6 Å². The second-order valence-corrected chi connectivity index (χ2v) is 8.53. The normalized spacial score (nSPS) is 11.8.